The number of hydrogen-bond acceptors (Lipinski definition) is 5. The smallest absolute Gasteiger partial charge is 0.144 e. The summed E-state index contributed by atoms with van der Waals surface area (Å²) < 4.78 is 5.27. The highest BCUT2D eigenvalue weighted by molar-refractivity contribution is 5.64. The first-order valence-electron chi connectivity index (χ1n) is 5.46. The SMILES string of the molecule is COc1cc(N(C)C)ccc1NCC(O)CO. The van der Waals surface area contributed by atoms with E-state index in [0.29, 0.717) is 5.75 Å². The number of aliphatic hydroxyl groups is 2. The van der Waals surface area contributed by atoms with E-state index in [1.54, 1.807) is 7.11 Å². The third kappa shape index (κ3) is 3.80. The molecule has 0 fully saturated rings. The second-order valence-electron chi connectivity index (χ2n) is 4.00. The van der Waals surface area contributed by atoms with E-state index >= 15 is 0 Å². The lowest BCUT2D eigenvalue weighted by Gasteiger charge is -2.17. The second-order valence-corrected chi connectivity index (χ2v) is 4.00. The fraction of sp³-hybridized carbons (Fsp3) is 0.500. The Hall–Kier alpha value is -1.46. The van der Waals surface area contributed by atoms with Gasteiger partial charge in [-0.1, -0.05) is 0 Å². The van der Waals surface area contributed by atoms with Crippen molar-refractivity contribution in [3.05, 3.63) is 18.2 Å². The molecule has 1 unspecified atom stereocenters. The van der Waals surface area contributed by atoms with Gasteiger partial charge in [0.15, 0.2) is 0 Å². The lowest BCUT2D eigenvalue weighted by atomic mass is 10.2. The molecular weight excluding hydrogens is 220 g/mol. The van der Waals surface area contributed by atoms with Gasteiger partial charge in [-0.05, 0) is 12.1 Å². The Morgan fingerprint density at radius 2 is 2.12 bits per heavy atom. The van der Waals surface area contributed by atoms with E-state index in [4.69, 9.17) is 9.84 Å². The highest BCUT2D eigenvalue weighted by atomic mass is 16.5. The monoisotopic (exact) mass is 240 g/mol. The molecule has 5 heteroatoms. The maximum atomic E-state index is 9.26. The molecule has 0 aliphatic rings. The van der Waals surface area contributed by atoms with Crippen LogP contribution in [-0.4, -0.2) is 50.7 Å². The van der Waals surface area contributed by atoms with Gasteiger partial charge in [0.25, 0.3) is 0 Å². The molecule has 5 nitrogen and oxygen atoms in total. The van der Waals surface area contributed by atoms with Gasteiger partial charge in [0.05, 0.1) is 25.5 Å². The Morgan fingerprint density at radius 1 is 1.41 bits per heavy atom. The van der Waals surface area contributed by atoms with E-state index in [2.05, 4.69) is 5.32 Å². The zero-order valence-corrected chi connectivity index (χ0v) is 10.5. The van der Waals surface area contributed by atoms with Gasteiger partial charge in [-0.3, -0.25) is 0 Å². The van der Waals surface area contributed by atoms with Crippen molar-refractivity contribution in [2.75, 3.05) is 44.6 Å². The maximum absolute atomic E-state index is 9.26. The van der Waals surface area contributed by atoms with E-state index in [1.807, 2.05) is 37.2 Å². The topological polar surface area (TPSA) is 65.0 Å². The van der Waals surface area contributed by atoms with Crippen LogP contribution in [0.1, 0.15) is 0 Å². The van der Waals surface area contributed by atoms with Crippen molar-refractivity contribution < 1.29 is 14.9 Å². The highest BCUT2D eigenvalue weighted by Crippen LogP contribution is 2.28. The maximum Gasteiger partial charge on any atom is 0.144 e. The molecule has 3 N–H and O–H groups in total. The number of aliphatic hydroxyl groups excluding tert-OH is 2. The summed E-state index contributed by atoms with van der Waals surface area (Å²) in [6.45, 7) is 0.0271. The summed E-state index contributed by atoms with van der Waals surface area (Å²) >= 11 is 0. The van der Waals surface area contributed by atoms with Crippen molar-refractivity contribution in [1.29, 1.82) is 0 Å². The predicted molar refractivity (Wildman–Crippen MR) is 68.9 cm³/mol. The van der Waals surface area contributed by atoms with E-state index in [1.165, 1.54) is 0 Å². The minimum absolute atomic E-state index is 0.259. The molecule has 0 heterocycles. The molecule has 1 atom stereocenters. The van der Waals surface area contributed by atoms with Gasteiger partial charge in [-0.2, -0.15) is 0 Å². The molecule has 0 radical (unpaired) electrons. The highest BCUT2D eigenvalue weighted by Gasteiger charge is 2.07. The van der Waals surface area contributed by atoms with Gasteiger partial charge in [0, 0.05) is 32.4 Å². The molecule has 1 rings (SSSR count). The number of benzene rings is 1. The molecule has 0 spiro atoms. The summed E-state index contributed by atoms with van der Waals surface area (Å²) in [5, 5.41) is 21.0. The third-order valence-corrected chi connectivity index (χ3v) is 2.44. The first-order valence-corrected chi connectivity index (χ1v) is 5.46. The average molecular weight is 240 g/mol. The standard InChI is InChI=1S/C12H20N2O3/c1-14(2)9-4-5-11(12(6-9)17-3)13-7-10(16)8-15/h4-6,10,13,15-16H,7-8H2,1-3H3. The molecule has 0 bridgehead atoms. The molecule has 0 amide bonds. The number of ether oxygens (including phenoxy) is 1. The van der Waals surface area contributed by atoms with Gasteiger partial charge in [-0.25, -0.2) is 0 Å². The summed E-state index contributed by atoms with van der Waals surface area (Å²) in [5.41, 5.74) is 1.83. The van der Waals surface area contributed by atoms with E-state index < -0.39 is 6.10 Å². The van der Waals surface area contributed by atoms with Crippen LogP contribution in [0.3, 0.4) is 0 Å². The van der Waals surface area contributed by atoms with Gasteiger partial charge in [0.2, 0.25) is 0 Å². The molecule has 17 heavy (non-hydrogen) atoms. The van der Waals surface area contributed by atoms with E-state index in [9.17, 15) is 5.11 Å². The number of nitrogens with zero attached hydrogens (tertiary/aromatic N) is 1. The van der Waals surface area contributed by atoms with Gasteiger partial charge in [-0.15, -0.1) is 0 Å². The molecule has 0 saturated carbocycles. The first-order chi connectivity index (χ1) is 8.08. The summed E-state index contributed by atoms with van der Waals surface area (Å²) in [4.78, 5) is 1.98. The van der Waals surface area contributed by atoms with Crippen LogP contribution in [-0.2, 0) is 0 Å². The van der Waals surface area contributed by atoms with Gasteiger partial charge in [0.1, 0.15) is 5.75 Å². The van der Waals surface area contributed by atoms with Crippen molar-refractivity contribution in [2.24, 2.45) is 0 Å². The van der Waals surface area contributed by atoms with Gasteiger partial charge < -0.3 is 25.2 Å². The summed E-state index contributed by atoms with van der Waals surface area (Å²) in [6, 6.07) is 5.75. The van der Waals surface area contributed by atoms with Crippen molar-refractivity contribution in [2.45, 2.75) is 6.10 Å². The van der Waals surface area contributed by atoms with Gasteiger partial charge >= 0.3 is 0 Å². The molecule has 1 aromatic carbocycles. The number of anilines is 2. The average Bonchev–Trinajstić information content (AvgIpc) is 2.35. The van der Waals surface area contributed by atoms with Crippen LogP contribution >= 0.6 is 0 Å². The van der Waals surface area contributed by atoms with Crippen molar-refractivity contribution in [1.82, 2.24) is 0 Å². The van der Waals surface area contributed by atoms with Crippen LogP contribution < -0.4 is 15.0 Å². The van der Waals surface area contributed by atoms with Crippen molar-refractivity contribution >= 4 is 11.4 Å². The fourth-order valence-electron chi connectivity index (χ4n) is 1.40. The molecule has 0 aromatic heterocycles. The van der Waals surface area contributed by atoms with Crippen molar-refractivity contribution in [3.8, 4) is 5.75 Å². The number of hydrogen-bond donors (Lipinski definition) is 3. The number of methoxy groups -OCH3 is 1. The molecule has 1 aromatic rings. The predicted octanol–water partition coefficient (Wildman–Crippen LogP) is 0.526. The fourth-order valence-corrected chi connectivity index (χ4v) is 1.40. The van der Waals surface area contributed by atoms with Crippen molar-refractivity contribution in [3.63, 3.8) is 0 Å². The lowest BCUT2D eigenvalue weighted by Crippen LogP contribution is -2.23. The first kappa shape index (κ1) is 13.6. The largest absolute Gasteiger partial charge is 0.495 e. The molecular formula is C12H20N2O3. The molecule has 0 aliphatic carbocycles. The third-order valence-electron chi connectivity index (χ3n) is 2.44. The summed E-state index contributed by atoms with van der Waals surface area (Å²) in [7, 11) is 5.51. The zero-order valence-electron chi connectivity index (χ0n) is 10.5. The Kier molecular flexibility index (Phi) is 5.06. The lowest BCUT2D eigenvalue weighted by molar-refractivity contribution is 0.105. The zero-order chi connectivity index (χ0) is 12.8. The minimum Gasteiger partial charge on any atom is -0.495 e. The van der Waals surface area contributed by atoms with E-state index in [-0.39, 0.29) is 13.2 Å². The molecule has 0 saturated heterocycles. The molecule has 0 aliphatic heterocycles. The van der Waals surface area contributed by atoms with Crippen LogP contribution in [0.5, 0.6) is 5.75 Å². The van der Waals surface area contributed by atoms with Crippen LogP contribution in [0, 0.1) is 0 Å². The second kappa shape index (κ2) is 6.32. The number of nitrogens with one attached hydrogen (secondary N) is 1. The number of rotatable bonds is 6. The van der Waals surface area contributed by atoms with Crippen LogP contribution in [0.25, 0.3) is 0 Å². The van der Waals surface area contributed by atoms with Crippen LogP contribution in [0.2, 0.25) is 0 Å². The Bertz CT molecular complexity index is 356. The molecule has 96 valence electrons. The van der Waals surface area contributed by atoms with Crippen LogP contribution in [0.15, 0.2) is 18.2 Å². The van der Waals surface area contributed by atoms with E-state index in [0.717, 1.165) is 11.4 Å². The Labute approximate surface area is 102 Å². The summed E-state index contributed by atoms with van der Waals surface area (Å²) in [5.74, 6) is 0.710. The quantitative estimate of drug-likeness (QED) is 0.677. The summed E-state index contributed by atoms with van der Waals surface area (Å²) in [6.07, 6.45) is -0.770. The Balaban J connectivity index is 2.78. The van der Waals surface area contributed by atoms with Crippen LogP contribution in [0.4, 0.5) is 11.4 Å². The minimum atomic E-state index is -0.770. The normalized spacial score (nSPS) is 12.1. The Morgan fingerprint density at radius 3 is 2.65 bits per heavy atom.